The first kappa shape index (κ1) is 12.3. The zero-order valence-corrected chi connectivity index (χ0v) is 9.95. The fourth-order valence-electron chi connectivity index (χ4n) is 1.93. The highest BCUT2D eigenvalue weighted by Crippen LogP contribution is 2.12. The molecule has 1 heterocycles. The number of carbonyl (C=O) groups excluding carboxylic acids is 1. The van der Waals surface area contributed by atoms with Crippen molar-refractivity contribution in [3.05, 3.63) is 0 Å². The van der Waals surface area contributed by atoms with E-state index < -0.39 is 0 Å². The number of piperidine rings is 1. The van der Waals surface area contributed by atoms with E-state index in [4.69, 9.17) is 4.74 Å². The summed E-state index contributed by atoms with van der Waals surface area (Å²) >= 11 is 0. The summed E-state index contributed by atoms with van der Waals surface area (Å²) in [5.41, 5.74) is 0. The molecule has 1 aliphatic rings. The summed E-state index contributed by atoms with van der Waals surface area (Å²) in [5, 5.41) is 2.90. The molecule has 4 nitrogen and oxygen atoms in total. The molecule has 4 heteroatoms. The Morgan fingerprint density at radius 3 is 2.93 bits per heavy atom. The van der Waals surface area contributed by atoms with Gasteiger partial charge in [0.2, 0.25) is 0 Å². The molecule has 0 bridgehead atoms. The van der Waals surface area contributed by atoms with Crippen LogP contribution < -0.4 is 5.32 Å². The molecule has 0 aromatic heterocycles. The van der Waals surface area contributed by atoms with Gasteiger partial charge in [-0.2, -0.15) is 0 Å². The average Bonchev–Trinajstić information content (AvgIpc) is 2.18. The molecule has 0 aromatic rings. The third-order valence-corrected chi connectivity index (χ3v) is 2.78. The number of rotatable bonds is 3. The monoisotopic (exact) mass is 214 g/mol. The molecular weight excluding hydrogens is 192 g/mol. The van der Waals surface area contributed by atoms with Crippen molar-refractivity contribution in [1.29, 1.82) is 0 Å². The van der Waals surface area contributed by atoms with Crippen LogP contribution in [-0.2, 0) is 4.74 Å². The normalized spacial score (nSPS) is 22.8. The van der Waals surface area contributed by atoms with E-state index in [1.165, 1.54) is 0 Å². The topological polar surface area (TPSA) is 41.6 Å². The van der Waals surface area contributed by atoms with Crippen LogP contribution in [0.3, 0.4) is 0 Å². The van der Waals surface area contributed by atoms with Gasteiger partial charge in [-0.1, -0.05) is 0 Å². The second-order valence-electron chi connectivity index (χ2n) is 4.29. The van der Waals surface area contributed by atoms with Crippen molar-refractivity contribution in [2.24, 2.45) is 0 Å². The van der Waals surface area contributed by atoms with Crippen LogP contribution in [-0.4, -0.2) is 42.8 Å². The number of nitrogens with one attached hydrogen (secondary N) is 1. The molecule has 1 saturated heterocycles. The quantitative estimate of drug-likeness (QED) is 0.776. The molecule has 1 atom stereocenters. The first-order valence-corrected chi connectivity index (χ1v) is 5.80. The lowest BCUT2D eigenvalue weighted by molar-refractivity contribution is 0.124. The van der Waals surface area contributed by atoms with Crippen LogP contribution in [0.2, 0.25) is 0 Å². The SMILES string of the molecule is CCOC(=O)N[C@@H]1CCCN(C(C)C)C1. The van der Waals surface area contributed by atoms with Gasteiger partial charge in [0.1, 0.15) is 0 Å². The Kier molecular flexibility index (Phi) is 4.88. The van der Waals surface area contributed by atoms with Gasteiger partial charge in [-0.3, -0.25) is 4.90 Å². The highest BCUT2D eigenvalue weighted by molar-refractivity contribution is 5.67. The van der Waals surface area contributed by atoms with E-state index in [0.29, 0.717) is 12.6 Å². The molecule has 0 radical (unpaired) electrons. The van der Waals surface area contributed by atoms with Gasteiger partial charge < -0.3 is 10.1 Å². The van der Waals surface area contributed by atoms with Crippen LogP contribution in [0, 0.1) is 0 Å². The first-order chi connectivity index (χ1) is 7.13. The summed E-state index contributed by atoms with van der Waals surface area (Å²) in [6.45, 7) is 8.71. The van der Waals surface area contributed by atoms with Gasteiger partial charge in [0, 0.05) is 18.6 Å². The average molecular weight is 214 g/mol. The van der Waals surface area contributed by atoms with Crippen molar-refractivity contribution in [2.75, 3.05) is 19.7 Å². The Hall–Kier alpha value is -0.770. The molecule has 1 aliphatic heterocycles. The molecule has 1 amide bonds. The number of nitrogens with zero attached hydrogens (tertiary/aromatic N) is 1. The molecule has 0 unspecified atom stereocenters. The minimum absolute atomic E-state index is 0.250. The van der Waals surface area contributed by atoms with E-state index in [1.807, 2.05) is 6.92 Å². The predicted octanol–water partition coefficient (Wildman–Crippen LogP) is 1.61. The van der Waals surface area contributed by atoms with E-state index in [9.17, 15) is 4.79 Å². The molecule has 0 aromatic carbocycles. The van der Waals surface area contributed by atoms with Gasteiger partial charge in [0.05, 0.1) is 6.61 Å². The summed E-state index contributed by atoms with van der Waals surface area (Å²) in [4.78, 5) is 13.6. The van der Waals surface area contributed by atoms with E-state index in [-0.39, 0.29) is 12.1 Å². The minimum atomic E-state index is -0.284. The number of carbonyl (C=O) groups is 1. The molecular formula is C11H22N2O2. The van der Waals surface area contributed by atoms with Gasteiger partial charge in [0.25, 0.3) is 0 Å². The fraction of sp³-hybridized carbons (Fsp3) is 0.909. The van der Waals surface area contributed by atoms with Crippen molar-refractivity contribution >= 4 is 6.09 Å². The number of likely N-dealkylation sites (tertiary alicyclic amines) is 1. The van der Waals surface area contributed by atoms with Gasteiger partial charge in [-0.25, -0.2) is 4.79 Å². The van der Waals surface area contributed by atoms with E-state index in [0.717, 1.165) is 25.9 Å². The van der Waals surface area contributed by atoms with Crippen molar-refractivity contribution < 1.29 is 9.53 Å². The van der Waals surface area contributed by atoms with Gasteiger partial charge >= 0.3 is 6.09 Å². The van der Waals surface area contributed by atoms with Gasteiger partial charge in [-0.05, 0) is 40.2 Å². The standard InChI is InChI=1S/C11H22N2O2/c1-4-15-11(14)12-10-6-5-7-13(8-10)9(2)3/h9-10H,4-8H2,1-3H3,(H,12,14)/t10-/m1/s1. The van der Waals surface area contributed by atoms with E-state index in [1.54, 1.807) is 0 Å². The molecule has 0 spiro atoms. The lowest BCUT2D eigenvalue weighted by atomic mass is 10.0. The maximum Gasteiger partial charge on any atom is 0.407 e. The molecule has 1 N–H and O–H groups in total. The molecule has 15 heavy (non-hydrogen) atoms. The number of alkyl carbamates (subject to hydrolysis) is 1. The zero-order chi connectivity index (χ0) is 11.3. The lowest BCUT2D eigenvalue weighted by Crippen LogP contribution is -2.49. The van der Waals surface area contributed by atoms with Crippen molar-refractivity contribution in [2.45, 2.75) is 45.7 Å². The molecule has 0 saturated carbocycles. The van der Waals surface area contributed by atoms with Crippen LogP contribution in [0.25, 0.3) is 0 Å². The lowest BCUT2D eigenvalue weighted by Gasteiger charge is -2.35. The summed E-state index contributed by atoms with van der Waals surface area (Å²) in [7, 11) is 0. The summed E-state index contributed by atoms with van der Waals surface area (Å²) in [6, 6.07) is 0.803. The Morgan fingerprint density at radius 2 is 2.33 bits per heavy atom. The third-order valence-electron chi connectivity index (χ3n) is 2.78. The van der Waals surface area contributed by atoms with Crippen molar-refractivity contribution in [3.8, 4) is 0 Å². The second-order valence-corrected chi connectivity index (χ2v) is 4.29. The molecule has 88 valence electrons. The Labute approximate surface area is 92.0 Å². The van der Waals surface area contributed by atoms with Crippen LogP contribution in [0.15, 0.2) is 0 Å². The molecule has 1 rings (SSSR count). The number of ether oxygens (including phenoxy) is 1. The smallest absolute Gasteiger partial charge is 0.407 e. The summed E-state index contributed by atoms with van der Waals surface area (Å²) in [5.74, 6) is 0. The molecule has 0 aliphatic carbocycles. The van der Waals surface area contributed by atoms with Crippen LogP contribution in [0.4, 0.5) is 4.79 Å². The van der Waals surface area contributed by atoms with Gasteiger partial charge in [-0.15, -0.1) is 0 Å². The summed E-state index contributed by atoms with van der Waals surface area (Å²) in [6.07, 6.45) is 1.92. The highest BCUT2D eigenvalue weighted by Gasteiger charge is 2.22. The summed E-state index contributed by atoms with van der Waals surface area (Å²) < 4.78 is 4.87. The van der Waals surface area contributed by atoms with E-state index in [2.05, 4.69) is 24.1 Å². The maximum absolute atomic E-state index is 11.2. The van der Waals surface area contributed by atoms with Crippen LogP contribution in [0.1, 0.15) is 33.6 Å². The number of amides is 1. The number of hydrogen-bond donors (Lipinski definition) is 1. The minimum Gasteiger partial charge on any atom is -0.450 e. The van der Waals surface area contributed by atoms with Crippen LogP contribution >= 0.6 is 0 Å². The Balaban J connectivity index is 2.33. The predicted molar refractivity (Wildman–Crippen MR) is 59.9 cm³/mol. The first-order valence-electron chi connectivity index (χ1n) is 5.80. The molecule has 1 fully saturated rings. The zero-order valence-electron chi connectivity index (χ0n) is 9.95. The van der Waals surface area contributed by atoms with Crippen molar-refractivity contribution in [1.82, 2.24) is 10.2 Å². The Bertz CT molecular complexity index is 207. The second kappa shape index (κ2) is 5.95. The highest BCUT2D eigenvalue weighted by atomic mass is 16.5. The fourth-order valence-corrected chi connectivity index (χ4v) is 1.93. The Morgan fingerprint density at radius 1 is 1.60 bits per heavy atom. The third kappa shape index (κ3) is 4.08. The van der Waals surface area contributed by atoms with Crippen LogP contribution in [0.5, 0.6) is 0 Å². The largest absolute Gasteiger partial charge is 0.450 e. The van der Waals surface area contributed by atoms with E-state index >= 15 is 0 Å². The van der Waals surface area contributed by atoms with Gasteiger partial charge in [0.15, 0.2) is 0 Å². The maximum atomic E-state index is 11.2. The number of hydrogen-bond acceptors (Lipinski definition) is 3. The van der Waals surface area contributed by atoms with Crippen molar-refractivity contribution in [3.63, 3.8) is 0 Å².